The molecule has 3 aliphatic carbocycles. The van der Waals surface area contributed by atoms with Gasteiger partial charge in [-0.15, -0.1) is 0 Å². The van der Waals surface area contributed by atoms with Crippen LogP contribution in [0.25, 0.3) is 6.08 Å². The highest BCUT2D eigenvalue weighted by molar-refractivity contribution is 5.94. The van der Waals surface area contributed by atoms with Gasteiger partial charge in [0.2, 0.25) is 0 Å². The molecule has 5 rings (SSSR count). The minimum atomic E-state index is -1.37. The molecule has 10 nitrogen and oxygen atoms in total. The molecule has 0 unspecified atom stereocenters. The fourth-order valence-electron chi connectivity index (χ4n) is 8.64. The van der Waals surface area contributed by atoms with Crippen molar-refractivity contribution < 1.29 is 47.7 Å². The molecule has 9 atom stereocenters. The Labute approximate surface area is 263 Å². The molecule has 1 aromatic carbocycles. The van der Waals surface area contributed by atoms with Gasteiger partial charge in [0.05, 0.1) is 0 Å². The third-order valence-electron chi connectivity index (χ3n) is 10.7. The van der Waals surface area contributed by atoms with E-state index in [1.807, 2.05) is 51.1 Å². The topological polar surface area (TPSA) is 135 Å². The maximum absolute atomic E-state index is 13.8. The highest BCUT2D eigenvalue weighted by Crippen LogP contribution is 2.72. The Morgan fingerprint density at radius 1 is 0.889 bits per heavy atom. The van der Waals surface area contributed by atoms with Gasteiger partial charge in [-0.05, 0) is 37.0 Å². The molecule has 3 saturated carbocycles. The zero-order valence-electron chi connectivity index (χ0n) is 26.9. The molecule has 1 aliphatic heterocycles. The Kier molecular flexibility index (Phi) is 8.13. The summed E-state index contributed by atoms with van der Waals surface area (Å²) in [5, 5.41) is 0. The number of ketones is 1. The number of esters is 4. The number of ether oxygens (including phenoxy) is 5. The summed E-state index contributed by atoms with van der Waals surface area (Å²) in [5.41, 5.74) is -3.37. The van der Waals surface area contributed by atoms with Crippen LogP contribution in [0, 0.1) is 22.7 Å². The van der Waals surface area contributed by atoms with Gasteiger partial charge >= 0.3 is 23.9 Å². The molecule has 0 radical (unpaired) electrons. The first-order valence-electron chi connectivity index (χ1n) is 15.4. The number of carbonyl (C=O) groups is 5. The fourth-order valence-corrected chi connectivity index (χ4v) is 8.64. The summed E-state index contributed by atoms with van der Waals surface area (Å²) in [6.45, 7) is 15.5. The van der Waals surface area contributed by atoms with Crippen LogP contribution in [0.1, 0.15) is 73.3 Å². The van der Waals surface area contributed by atoms with Crippen molar-refractivity contribution in [2.45, 2.75) is 103 Å². The molecule has 4 fully saturated rings. The SMILES string of the molecule is C=C1[C@H](OC(=O)/C=C\c2ccccc2)CC[C@@]2(C)[C@H](OC(C)=O)[C@H](OC(C)=O)[C@@]34O[C@@]3(C)C(=O)C[C@@H]([C@H](OC(C)=O)[C@H]12)C4(C)C. The van der Waals surface area contributed by atoms with E-state index in [0.717, 1.165) is 5.56 Å². The zero-order chi connectivity index (χ0) is 33.1. The third kappa shape index (κ3) is 5.11. The van der Waals surface area contributed by atoms with Crippen LogP contribution in [-0.2, 0) is 47.7 Å². The van der Waals surface area contributed by atoms with Gasteiger partial charge in [0, 0.05) is 55.9 Å². The maximum atomic E-state index is 13.8. The molecule has 1 aromatic rings. The summed E-state index contributed by atoms with van der Waals surface area (Å²) in [6, 6.07) is 9.31. The molecule has 1 spiro atoms. The van der Waals surface area contributed by atoms with E-state index < -0.39 is 82.2 Å². The van der Waals surface area contributed by atoms with E-state index in [2.05, 4.69) is 6.58 Å². The monoisotopic (exact) mass is 622 g/mol. The first kappa shape index (κ1) is 32.6. The van der Waals surface area contributed by atoms with Gasteiger partial charge in [0.25, 0.3) is 0 Å². The van der Waals surface area contributed by atoms with Crippen LogP contribution in [0.4, 0.5) is 0 Å². The maximum Gasteiger partial charge on any atom is 0.331 e. The number of epoxide rings is 1. The minimum Gasteiger partial charge on any atom is -0.462 e. The number of fused-ring (bicyclic) bond motifs is 2. The fraction of sp³-hybridized carbons (Fsp3) is 0.571. The molecular weight excluding hydrogens is 580 g/mol. The summed E-state index contributed by atoms with van der Waals surface area (Å²) in [6.07, 6.45) is -0.339. The lowest BCUT2D eigenvalue weighted by Gasteiger charge is -2.60. The van der Waals surface area contributed by atoms with E-state index in [-0.39, 0.29) is 12.2 Å². The second kappa shape index (κ2) is 11.2. The van der Waals surface area contributed by atoms with Gasteiger partial charge in [-0.3, -0.25) is 19.2 Å². The molecule has 45 heavy (non-hydrogen) atoms. The van der Waals surface area contributed by atoms with Crippen LogP contribution < -0.4 is 0 Å². The minimum absolute atomic E-state index is 0.0261. The standard InChI is InChI=1S/C35H42O10/c1-19-25(44-27(40)15-14-23-12-10-9-11-13-23)16-17-33(7)28(19)29(41-20(2)36)24-18-26(39)34(8)35(45-34,32(24,5)6)31(43-22(4)38)30(33)42-21(3)37/h9-15,24-25,28-31H,1,16-18H2,2-8H3/b15-14-/t24-,25+,28-,29-,30+,31-,33+,34-,35-/m0/s1. The van der Waals surface area contributed by atoms with Crippen LogP contribution >= 0.6 is 0 Å². The van der Waals surface area contributed by atoms with Crippen molar-refractivity contribution in [3.63, 3.8) is 0 Å². The second-order valence-electron chi connectivity index (χ2n) is 13.7. The van der Waals surface area contributed by atoms with Crippen LogP contribution in [-0.4, -0.2) is 65.3 Å². The average Bonchev–Trinajstić information content (AvgIpc) is 3.62. The smallest absolute Gasteiger partial charge is 0.331 e. The van der Waals surface area contributed by atoms with E-state index in [1.165, 1.54) is 26.8 Å². The van der Waals surface area contributed by atoms with Crippen molar-refractivity contribution in [1.82, 2.24) is 0 Å². The number of Topliss-reactive ketones (excluding diaryl/α,β-unsaturated/α-hetero) is 1. The first-order chi connectivity index (χ1) is 21.0. The molecule has 242 valence electrons. The van der Waals surface area contributed by atoms with Gasteiger partial charge in [-0.1, -0.05) is 57.7 Å². The predicted octanol–water partition coefficient (Wildman–Crippen LogP) is 4.54. The van der Waals surface area contributed by atoms with Crippen molar-refractivity contribution >= 4 is 35.7 Å². The van der Waals surface area contributed by atoms with E-state index in [9.17, 15) is 24.0 Å². The summed E-state index contributed by atoms with van der Waals surface area (Å²) >= 11 is 0. The Morgan fingerprint density at radius 3 is 2.09 bits per heavy atom. The van der Waals surface area contributed by atoms with Crippen LogP contribution in [0.3, 0.4) is 0 Å². The molecule has 4 aliphatic rings. The van der Waals surface area contributed by atoms with E-state index in [0.29, 0.717) is 18.4 Å². The Hall–Kier alpha value is -3.79. The van der Waals surface area contributed by atoms with Crippen LogP contribution in [0.15, 0.2) is 48.6 Å². The largest absolute Gasteiger partial charge is 0.462 e. The molecule has 0 aromatic heterocycles. The molecule has 1 heterocycles. The first-order valence-corrected chi connectivity index (χ1v) is 15.4. The van der Waals surface area contributed by atoms with Gasteiger partial charge in [0.15, 0.2) is 23.1 Å². The third-order valence-corrected chi connectivity index (χ3v) is 10.7. The van der Waals surface area contributed by atoms with Crippen molar-refractivity contribution in [3.8, 4) is 0 Å². The van der Waals surface area contributed by atoms with Crippen molar-refractivity contribution in [2.24, 2.45) is 22.7 Å². The summed E-state index contributed by atoms with van der Waals surface area (Å²) in [4.78, 5) is 65.0. The Balaban J connectivity index is 1.63. The van der Waals surface area contributed by atoms with Gasteiger partial charge in [-0.2, -0.15) is 0 Å². The number of benzene rings is 1. The molecule has 10 heteroatoms. The summed E-state index contributed by atoms with van der Waals surface area (Å²) in [5.74, 6) is -3.99. The normalized spacial score (nSPS) is 38.1. The summed E-state index contributed by atoms with van der Waals surface area (Å²) < 4.78 is 30.5. The molecule has 2 bridgehead atoms. The van der Waals surface area contributed by atoms with Crippen molar-refractivity contribution in [2.75, 3.05) is 0 Å². The zero-order valence-corrected chi connectivity index (χ0v) is 26.9. The highest BCUT2D eigenvalue weighted by Gasteiger charge is 2.88. The van der Waals surface area contributed by atoms with E-state index >= 15 is 0 Å². The van der Waals surface area contributed by atoms with E-state index in [1.54, 1.807) is 13.0 Å². The lowest BCUT2D eigenvalue weighted by atomic mass is 9.46. The Morgan fingerprint density at radius 2 is 1.49 bits per heavy atom. The second-order valence-corrected chi connectivity index (χ2v) is 13.7. The summed E-state index contributed by atoms with van der Waals surface area (Å²) in [7, 11) is 0. The lowest BCUT2D eigenvalue weighted by Crippen LogP contribution is -2.71. The van der Waals surface area contributed by atoms with Gasteiger partial charge in [0.1, 0.15) is 18.3 Å². The van der Waals surface area contributed by atoms with E-state index in [4.69, 9.17) is 23.7 Å². The molecule has 1 saturated heterocycles. The molecular formula is C35H42O10. The number of hydrogen-bond donors (Lipinski definition) is 0. The van der Waals surface area contributed by atoms with Crippen molar-refractivity contribution in [1.29, 1.82) is 0 Å². The Bertz CT molecular complexity index is 1460. The van der Waals surface area contributed by atoms with Crippen LogP contribution in [0.5, 0.6) is 0 Å². The molecule has 0 N–H and O–H groups in total. The lowest BCUT2D eigenvalue weighted by molar-refractivity contribution is -0.230. The van der Waals surface area contributed by atoms with Gasteiger partial charge < -0.3 is 23.7 Å². The van der Waals surface area contributed by atoms with Crippen LogP contribution in [0.2, 0.25) is 0 Å². The number of rotatable bonds is 6. The number of hydrogen-bond acceptors (Lipinski definition) is 10. The average molecular weight is 623 g/mol. The highest BCUT2D eigenvalue weighted by atomic mass is 16.7. The van der Waals surface area contributed by atoms with Crippen molar-refractivity contribution in [3.05, 3.63) is 54.1 Å². The predicted molar refractivity (Wildman–Crippen MR) is 161 cm³/mol. The molecule has 0 amide bonds. The quantitative estimate of drug-likeness (QED) is 0.146. The van der Waals surface area contributed by atoms with Gasteiger partial charge in [-0.25, -0.2) is 4.79 Å². The number of carbonyl (C=O) groups excluding carboxylic acids is 5.